The predicted molar refractivity (Wildman–Crippen MR) is 203 cm³/mol. The van der Waals surface area contributed by atoms with Gasteiger partial charge in [0.25, 0.3) is 0 Å². The number of carbonyl (C=O) groups is 3. The maximum atomic E-state index is 12.2. The Morgan fingerprint density at radius 1 is 0.608 bits per heavy atom. The van der Waals surface area contributed by atoms with Crippen LogP contribution >= 0.6 is 0 Å². The maximum Gasteiger partial charge on any atom is 0.337 e. The highest BCUT2D eigenvalue weighted by Crippen LogP contribution is 2.49. The van der Waals surface area contributed by atoms with Crippen LogP contribution in [0.25, 0.3) is 0 Å². The normalized spacial score (nSPS) is 22.2. The average Bonchev–Trinajstić information content (AvgIpc) is 3.39. The van der Waals surface area contributed by atoms with Crippen LogP contribution in [0.15, 0.2) is 120 Å². The molecule has 0 saturated heterocycles. The van der Waals surface area contributed by atoms with Crippen LogP contribution in [0.5, 0.6) is 0 Å². The fourth-order valence-corrected chi connectivity index (χ4v) is 9.37. The van der Waals surface area contributed by atoms with Gasteiger partial charge in [-0.15, -0.1) is 0 Å². The molecule has 0 amide bonds. The first kappa shape index (κ1) is 34.6. The smallest absolute Gasteiger partial charge is 0.337 e. The molecule has 0 fully saturated rings. The minimum absolute atomic E-state index is 0.00873. The molecule has 4 aliphatic carbocycles. The number of hydrogen-bond acceptors (Lipinski definition) is 4. The zero-order chi connectivity index (χ0) is 35.4. The fraction of sp³-hybridized carbons (Fsp3) is 0.340. The third kappa shape index (κ3) is 7.06. The Kier molecular flexibility index (Phi) is 10.0. The van der Waals surface area contributed by atoms with Gasteiger partial charge in [-0.25, -0.2) is 4.79 Å². The summed E-state index contributed by atoms with van der Waals surface area (Å²) >= 11 is 0. The van der Waals surface area contributed by atoms with Gasteiger partial charge in [-0.05, 0) is 129 Å². The molecule has 0 radical (unpaired) electrons. The second-order valence-corrected chi connectivity index (χ2v) is 15.0. The summed E-state index contributed by atoms with van der Waals surface area (Å²) in [5.74, 6) is 0.251. The van der Waals surface area contributed by atoms with E-state index in [1.807, 2.05) is 30.4 Å². The van der Waals surface area contributed by atoms with E-state index in [1.165, 1.54) is 57.2 Å². The number of benzene rings is 4. The fourth-order valence-electron chi connectivity index (χ4n) is 9.37. The van der Waals surface area contributed by atoms with Crippen molar-refractivity contribution in [1.82, 2.24) is 0 Å². The van der Waals surface area contributed by atoms with Crippen molar-refractivity contribution in [2.75, 3.05) is 7.11 Å². The lowest BCUT2D eigenvalue weighted by Gasteiger charge is -2.39. The van der Waals surface area contributed by atoms with E-state index >= 15 is 0 Å². The highest BCUT2D eigenvalue weighted by molar-refractivity contribution is 5.93. The molecule has 0 aromatic heterocycles. The second kappa shape index (κ2) is 14.8. The lowest BCUT2D eigenvalue weighted by Crippen LogP contribution is -2.35. The largest absolute Gasteiger partial charge is 0.465 e. The summed E-state index contributed by atoms with van der Waals surface area (Å²) in [7, 11) is 1.42. The Balaban J connectivity index is 0.000000160. The van der Waals surface area contributed by atoms with E-state index in [2.05, 4.69) is 85.8 Å². The monoisotopic (exact) mass is 676 g/mol. The van der Waals surface area contributed by atoms with Crippen LogP contribution < -0.4 is 0 Å². The van der Waals surface area contributed by atoms with Crippen LogP contribution in [0, 0.1) is 6.92 Å². The summed E-state index contributed by atoms with van der Waals surface area (Å²) in [6.45, 7) is 2.18. The molecule has 4 aromatic carbocycles. The number of methoxy groups -OCH3 is 1. The van der Waals surface area contributed by atoms with Crippen LogP contribution in [0.3, 0.4) is 0 Å². The van der Waals surface area contributed by atoms with Crippen molar-refractivity contribution in [1.29, 1.82) is 0 Å². The first-order chi connectivity index (χ1) is 24.8. The quantitative estimate of drug-likeness (QED) is 0.198. The summed E-state index contributed by atoms with van der Waals surface area (Å²) in [6.07, 6.45) is 14.9. The van der Waals surface area contributed by atoms with Crippen LogP contribution in [0.1, 0.15) is 101 Å². The summed E-state index contributed by atoms with van der Waals surface area (Å²) in [4.78, 5) is 36.3. The molecular formula is C47H48O4. The van der Waals surface area contributed by atoms with Gasteiger partial charge in [-0.3, -0.25) is 9.59 Å². The molecule has 260 valence electrons. The zero-order valence-electron chi connectivity index (χ0n) is 30.0. The Morgan fingerprint density at radius 2 is 1.10 bits per heavy atom. The summed E-state index contributed by atoms with van der Waals surface area (Å²) in [6, 6.07) is 34.2. The third-order valence-electron chi connectivity index (χ3n) is 11.8. The predicted octanol–water partition coefficient (Wildman–Crippen LogP) is 9.68. The van der Waals surface area contributed by atoms with Crippen LogP contribution in [0.4, 0.5) is 0 Å². The number of aryl methyl sites for hydroxylation is 3. The van der Waals surface area contributed by atoms with Crippen molar-refractivity contribution in [2.45, 2.75) is 94.8 Å². The average molecular weight is 677 g/mol. The zero-order valence-corrected chi connectivity index (χ0v) is 30.0. The standard InChI is InChI=1S/C24H24O3.C23H24O/c1-27-23(26)19-10-11-22-18(14-19)8-5-9-20-15-21(25)12-13-24(20,22)16-17-6-3-2-4-7-17;1-17-10-11-22-19(14-17)8-5-9-20-15-21(24)12-13-23(20,22)16-18-6-3-2-4-7-18/h2-4,6-7,10-11,14-15H,5,8-9,12-13,16H2,1H3;2-4,6-7,10-11,14-15H,5,8-9,12-13,16H2,1H3. The Morgan fingerprint density at radius 3 is 1.61 bits per heavy atom. The molecule has 4 aromatic rings. The number of hydrogen-bond donors (Lipinski definition) is 0. The third-order valence-corrected chi connectivity index (χ3v) is 11.8. The summed E-state index contributed by atoms with van der Waals surface area (Å²) in [5.41, 5.74) is 12.5. The molecule has 0 saturated carbocycles. The van der Waals surface area contributed by atoms with E-state index in [1.54, 1.807) is 0 Å². The molecule has 0 aliphatic heterocycles. The van der Waals surface area contributed by atoms with Gasteiger partial charge in [0.2, 0.25) is 0 Å². The van der Waals surface area contributed by atoms with Crippen molar-refractivity contribution in [3.8, 4) is 0 Å². The molecule has 8 rings (SSSR count). The van der Waals surface area contributed by atoms with E-state index in [9.17, 15) is 14.4 Å². The number of ketones is 2. The molecule has 2 atom stereocenters. The van der Waals surface area contributed by atoms with Crippen molar-refractivity contribution in [3.05, 3.63) is 165 Å². The van der Waals surface area contributed by atoms with Gasteiger partial charge in [-0.2, -0.15) is 0 Å². The van der Waals surface area contributed by atoms with Gasteiger partial charge in [0, 0.05) is 23.7 Å². The Labute approximate surface area is 302 Å². The minimum Gasteiger partial charge on any atom is -0.465 e. The van der Waals surface area contributed by atoms with Crippen molar-refractivity contribution >= 4 is 17.5 Å². The van der Waals surface area contributed by atoms with E-state index in [0.717, 1.165) is 64.2 Å². The maximum absolute atomic E-state index is 12.2. The van der Waals surface area contributed by atoms with Gasteiger partial charge in [0.1, 0.15) is 0 Å². The Hall–Kier alpha value is -4.83. The SMILES string of the molecule is COC(=O)c1ccc2c(c1)CCCC1=CC(=O)CCC12Cc1ccccc1.Cc1ccc2c(c1)CCCC1=CC(=O)CCC12Cc1ccccc1. The molecule has 0 heterocycles. The number of ether oxygens (including phenoxy) is 1. The van der Waals surface area contributed by atoms with E-state index in [-0.39, 0.29) is 22.6 Å². The minimum atomic E-state index is -0.297. The van der Waals surface area contributed by atoms with Gasteiger partial charge in [0.05, 0.1) is 12.7 Å². The number of esters is 1. The molecule has 0 bridgehead atoms. The Bertz CT molecular complexity index is 2000. The van der Waals surface area contributed by atoms with Gasteiger partial charge in [-0.1, -0.05) is 102 Å². The summed E-state index contributed by atoms with van der Waals surface area (Å²) < 4.78 is 4.91. The van der Waals surface area contributed by atoms with Crippen LogP contribution in [-0.2, 0) is 50.8 Å². The van der Waals surface area contributed by atoms with Gasteiger partial charge < -0.3 is 4.74 Å². The molecule has 51 heavy (non-hydrogen) atoms. The lowest BCUT2D eigenvalue weighted by atomic mass is 9.63. The van der Waals surface area contributed by atoms with E-state index in [4.69, 9.17) is 4.74 Å². The molecule has 4 heteroatoms. The second-order valence-electron chi connectivity index (χ2n) is 15.0. The number of carbonyl (C=O) groups excluding carboxylic acids is 3. The number of allylic oxidation sites excluding steroid dienone is 4. The topological polar surface area (TPSA) is 60.4 Å². The van der Waals surface area contributed by atoms with E-state index in [0.29, 0.717) is 24.2 Å². The molecule has 4 aliphatic rings. The first-order valence-electron chi connectivity index (χ1n) is 18.7. The highest BCUT2D eigenvalue weighted by Gasteiger charge is 2.43. The molecular weight excluding hydrogens is 629 g/mol. The lowest BCUT2D eigenvalue weighted by molar-refractivity contribution is -0.116. The van der Waals surface area contributed by atoms with Gasteiger partial charge in [0.15, 0.2) is 11.6 Å². The molecule has 0 N–H and O–H groups in total. The highest BCUT2D eigenvalue weighted by atomic mass is 16.5. The van der Waals surface area contributed by atoms with Crippen molar-refractivity contribution in [3.63, 3.8) is 0 Å². The van der Waals surface area contributed by atoms with Crippen molar-refractivity contribution in [2.24, 2.45) is 0 Å². The molecule has 2 unspecified atom stereocenters. The molecule has 0 spiro atoms. The number of fused-ring (bicyclic) bond motifs is 6. The first-order valence-corrected chi connectivity index (χ1v) is 18.7. The number of rotatable bonds is 5. The van der Waals surface area contributed by atoms with Gasteiger partial charge >= 0.3 is 5.97 Å². The van der Waals surface area contributed by atoms with E-state index < -0.39 is 0 Å². The van der Waals surface area contributed by atoms with Crippen LogP contribution in [0.2, 0.25) is 0 Å². The summed E-state index contributed by atoms with van der Waals surface area (Å²) in [5, 5.41) is 0. The van der Waals surface area contributed by atoms with Crippen LogP contribution in [-0.4, -0.2) is 24.6 Å². The van der Waals surface area contributed by atoms with Crippen molar-refractivity contribution < 1.29 is 19.1 Å². The molecule has 4 nitrogen and oxygen atoms in total.